The number of hydrogen-bond acceptors (Lipinski definition) is 5. The number of carbonyl (C=O) groups is 2. The number of carboxylic acids is 1. The molecular weight excluding hydrogens is 352 g/mol. The largest absolute Gasteiger partial charge is 0.496 e. The number of non-ortho nitro benzene ring substituents is 1. The van der Waals surface area contributed by atoms with Crippen molar-refractivity contribution < 1.29 is 24.4 Å². The van der Waals surface area contributed by atoms with Crippen LogP contribution in [-0.4, -0.2) is 35.6 Å². The molecule has 27 heavy (non-hydrogen) atoms. The van der Waals surface area contributed by atoms with Crippen LogP contribution in [0.25, 0.3) is 0 Å². The zero-order valence-electron chi connectivity index (χ0n) is 14.8. The van der Waals surface area contributed by atoms with Crippen LogP contribution in [0.3, 0.4) is 0 Å². The number of amides is 1. The number of nitrogens with zero attached hydrogens (tertiary/aromatic N) is 1. The predicted octanol–water partition coefficient (Wildman–Crippen LogP) is 2.21. The average molecular weight is 372 g/mol. The van der Waals surface area contributed by atoms with Crippen molar-refractivity contribution in [2.24, 2.45) is 5.92 Å². The molecule has 0 radical (unpaired) electrons. The number of para-hydroxylation sites is 1. The fourth-order valence-electron chi connectivity index (χ4n) is 2.65. The first-order valence-electron chi connectivity index (χ1n) is 8.25. The van der Waals surface area contributed by atoms with Crippen LogP contribution in [0.15, 0.2) is 48.5 Å². The minimum absolute atomic E-state index is 0.0544. The Morgan fingerprint density at radius 3 is 2.63 bits per heavy atom. The Kier molecular flexibility index (Phi) is 6.87. The van der Waals surface area contributed by atoms with Gasteiger partial charge in [0.1, 0.15) is 5.75 Å². The van der Waals surface area contributed by atoms with Crippen molar-refractivity contribution in [3.05, 3.63) is 69.8 Å². The van der Waals surface area contributed by atoms with Gasteiger partial charge < -0.3 is 15.2 Å². The summed E-state index contributed by atoms with van der Waals surface area (Å²) in [5.74, 6) is -1.67. The van der Waals surface area contributed by atoms with Gasteiger partial charge in [-0.25, -0.2) is 0 Å². The van der Waals surface area contributed by atoms with E-state index in [2.05, 4.69) is 5.32 Å². The molecule has 0 aliphatic carbocycles. The van der Waals surface area contributed by atoms with Gasteiger partial charge in [0.05, 0.1) is 24.4 Å². The van der Waals surface area contributed by atoms with E-state index in [1.54, 1.807) is 30.3 Å². The van der Waals surface area contributed by atoms with Gasteiger partial charge >= 0.3 is 5.97 Å². The highest BCUT2D eigenvalue weighted by atomic mass is 16.6. The molecule has 1 unspecified atom stereocenters. The minimum atomic E-state index is -1.03. The summed E-state index contributed by atoms with van der Waals surface area (Å²) in [5, 5.41) is 22.8. The zero-order valence-corrected chi connectivity index (χ0v) is 14.8. The standard InChI is InChI=1S/C19H20N2O6/c1-27-17-8-3-2-6-14(17)11-15(19(23)24)12-20-18(22)10-13-5-4-7-16(9-13)21(25)26/h2-9,15H,10-12H2,1H3,(H,20,22)(H,23,24). The van der Waals surface area contributed by atoms with Crippen molar-refractivity contribution in [3.8, 4) is 5.75 Å². The second-order valence-electron chi connectivity index (χ2n) is 5.96. The monoisotopic (exact) mass is 372 g/mol. The lowest BCUT2D eigenvalue weighted by molar-refractivity contribution is -0.384. The van der Waals surface area contributed by atoms with Crippen molar-refractivity contribution in [2.75, 3.05) is 13.7 Å². The van der Waals surface area contributed by atoms with Crippen molar-refractivity contribution in [1.82, 2.24) is 5.32 Å². The molecule has 0 saturated carbocycles. The van der Waals surface area contributed by atoms with E-state index in [4.69, 9.17) is 4.74 Å². The quantitative estimate of drug-likeness (QED) is 0.514. The Morgan fingerprint density at radius 1 is 1.22 bits per heavy atom. The first kappa shape index (κ1) is 19.9. The molecule has 1 atom stereocenters. The average Bonchev–Trinajstić information content (AvgIpc) is 2.65. The van der Waals surface area contributed by atoms with Crippen molar-refractivity contribution in [1.29, 1.82) is 0 Å². The van der Waals surface area contributed by atoms with Crippen LogP contribution in [0.2, 0.25) is 0 Å². The molecule has 0 aromatic heterocycles. The van der Waals surface area contributed by atoms with E-state index < -0.39 is 22.7 Å². The van der Waals surface area contributed by atoms with Gasteiger partial charge in [-0.3, -0.25) is 19.7 Å². The molecule has 2 rings (SSSR count). The predicted molar refractivity (Wildman–Crippen MR) is 97.6 cm³/mol. The summed E-state index contributed by atoms with van der Waals surface area (Å²) < 4.78 is 5.23. The first-order valence-corrected chi connectivity index (χ1v) is 8.25. The maximum Gasteiger partial charge on any atom is 0.308 e. The van der Waals surface area contributed by atoms with Crippen LogP contribution in [0, 0.1) is 16.0 Å². The Labute approximate surface area is 155 Å². The van der Waals surface area contributed by atoms with Crippen molar-refractivity contribution in [2.45, 2.75) is 12.8 Å². The van der Waals surface area contributed by atoms with Gasteiger partial charge in [-0.05, 0) is 23.6 Å². The van der Waals surface area contributed by atoms with Gasteiger partial charge in [0, 0.05) is 18.7 Å². The lowest BCUT2D eigenvalue weighted by atomic mass is 9.98. The van der Waals surface area contributed by atoms with Crippen LogP contribution in [-0.2, 0) is 22.4 Å². The van der Waals surface area contributed by atoms with Crippen molar-refractivity contribution in [3.63, 3.8) is 0 Å². The number of nitro benzene ring substituents is 1. The summed E-state index contributed by atoms with van der Waals surface area (Å²) >= 11 is 0. The van der Waals surface area contributed by atoms with E-state index in [9.17, 15) is 24.8 Å². The third-order valence-corrected chi connectivity index (χ3v) is 4.04. The molecule has 2 N–H and O–H groups in total. The normalized spacial score (nSPS) is 11.4. The van der Waals surface area contributed by atoms with Crippen LogP contribution in [0.1, 0.15) is 11.1 Å². The van der Waals surface area contributed by atoms with Crippen LogP contribution < -0.4 is 10.1 Å². The summed E-state index contributed by atoms with van der Waals surface area (Å²) in [6, 6.07) is 12.9. The molecule has 0 heterocycles. The second-order valence-corrected chi connectivity index (χ2v) is 5.96. The number of aliphatic carboxylic acids is 1. The van der Waals surface area contributed by atoms with Crippen molar-refractivity contribution >= 4 is 17.6 Å². The summed E-state index contributed by atoms with van der Waals surface area (Å²) in [6.45, 7) is -0.0544. The SMILES string of the molecule is COc1ccccc1CC(CNC(=O)Cc1cccc([N+](=O)[O-])c1)C(=O)O. The third-order valence-electron chi connectivity index (χ3n) is 4.04. The topological polar surface area (TPSA) is 119 Å². The molecule has 1 amide bonds. The molecule has 0 spiro atoms. The Bertz CT molecular complexity index is 836. The van der Waals surface area contributed by atoms with Gasteiger partial charge in [0.15, 0.2) is 0 Å². The first-order chi connectivity index (χ1) is 12.9. The summed E-state index contributed by atoms with van der Waals surface area (Å²) in [6.07, 6.45) is 0.138. The van der Waals surface area contributed by atoms with Gasteiger partial charge in [-0.1, -0.05) is 30.3 Å². The van der Waals surface area contributed by atoms with E-state index in [0.717, 1.165) is 5.56 Å². The Morgan fingerprint density at radius 2 is 1.96 bits per heavy atom. The maximum atomic E-state index is 12.1. The number of hydrogen-bond donors (Lipinski definition) is 2. The summed E-state index contributed by atoms with van der Waals surface area (Å²) in [7, 11) is 1.51. The number of benzene rings is 2. The Hall–Kier alpha value is -3.42. The molecule has 8 nitrogen and oxygen atoms in total. The number of nitro groups is 1. The van der Waals surface area contributed by atoms with E-state index in [1.165, 1.54) is 25.3 Å². The molecule has 0 fully saturated rings. The van der Waals surface area contributed by atoms with Gasteiger partial charge in [0.25, 0.3) is 5.69 Å². The number of rotatable bonds is 9. The van der Waals surface area contributed by atoms with Crippen LogP contribution in [0.5, 0.6) is 5.75 Å². The second kappa shape index (κ2) is 9.33. The number of nitrogens with one attached hydrogen (secondary N) is 1. The molecule has 0 aliphatic rings. The highest BCUT2D eigenvalue weighted by Gasteiger charge is 2.21. The molecule has 0 aliphatic heterocycles. The van der Waals surface area contributed by atoms with E-state index in [-0.39, 0.29) is 25.1 Å². The van der Waals surface area contributed by atoms with Gasteiger partial charge in [0.2, 0.25) is 5.91 Å². The highest BCUT2D eigenvalue weighted by molar-refractivity contribution is 5.79. The number of ether oxygens (including phenoxy) is 1. The summed E-state index contributed by atoms with van der Waals surface area (Å²) in [5.41, 5.74) is 1.12. The lowest BCUT2D eigenvalue weighted by Crippen LogP contribution is -2.35. The van der Waals surface area contributed by atoms with E-state index in [1.807, 2.05) is 0 Å². The van der Waals surface area contributed by atoms with E-state index in [0.29, 0.717) is 11.3 Å². The molecular formula is C19H20N2O6. The smallest absolute Gasteiger partial charge is 0.308 e. The van der Waals surface area contributed by atoms with Crippen LogP contribution in [0.4, 0.5) is 5.69 Å². The molecule has 0 bridgehead atoms. The molecule has 142 valence electrons. The molecule has 2 aromatic rings. The van der Waals surface area contributed by atoms with Crippen LogP contribution >= 0.6 is 0 Å². The maximum absolute atomic E-state index is 12.1. The van der Waals surface area contributed by atoms with Gasteiger partial charge in [-0.15, -0.1) is 0 Å². The zero-order chi connectivity index (χ0) is 19.8. The fourth-order valence-corrected chi connectivity index (χ4v) is 2.65. The molecule has 8 heteroatoms. The van der Waals surface area contributed by atoms with E-state index >= 15 is 0 Å². The molecule has 2 aromatic carbocycles. The highest BCUT2D eigenvalue weighted by Crippen LogP contribution is 2.21. The number of carboxylic acid groups (broad SMARTS) is 1. The number of carbonyl (C=O) groups excluding carboxylic acids is 1. The Balaban J connectivity index is 1.97. The minimum Gasteiger partial charge on any atom is -0.496 e. The third kappa shape index (κ3) is 5.81. The lowest BCUT2D eigenvalue weighted by Gasteiger charge is -2.15. The summed E-state index contributed by atoms with van der Waals surface area (Å²) in [4.78, 5) is 33.9. The fraction of sp³-hybridized carbons (Fsp3) is 0.263. The van der Waals surface area contributed by atoms with Gasteiger partial charge in [-0.2, -0.15) is 0 Å². The molecule has 0 saturated heterocycles. The number of methoxy groups -OCH3 is 1.